The van der Waals surface area contributed by atoms with Gasteiger partial charge in [-0.05, 0) is 97.6 Å². The Morgan fingerprint density at radius 3 is 2.00 bits per heavy atom. The third-order valence-electron chi connectivity index (χ3n) is 8.06. The predicted molar refractivity (Wildman–Crippen MR) is 125 cm³/mol. The van der Waals surface area contributed by atoms with Crippen molar-refractivity contribution < 1.29 is 4.74 Å². The lowest BCUT2D eigenvalue weighted by atomic mass is 9.68. The molecule has 0 heterocycles. The van der Waals surface area contributed by atoms with Crippen LogP contribution in [0.3, 0.4) is 0 Å². The van der Waals surface area contributed by atoms with E-state index < -0.39 is 0 Å². The summed E-state index contributed by atoms with van der Waals surface area (Å²) in [7, 11) is 0. The molecule has 0 radical (unpaired) electrons. The molecule has 0 aliphatic heterocycles. The molecule has 1 nitrogen and oxygen atoms in total. The van der Waals surface area contributed by atoms with Crippen molar-refractivity contribution in [3.05, 3.63) is 42.0 Å². The maximum absolute atomic E-state index is 5.63. The molecule has 2 aliphatic carbocycles. The summed E-state index contributed by atoms with van der Waals surface area (Å²) < 4.78 is 5.63. The van der Waals surface area contributed by atoms with E-state index in [1.807, 2.05) is 6.92 Å². The molecule has 1 heteroatoms. The number of ether oxygens (including phenoxy) is 1. The van der Waals surface area contributed by atoms with Crippen molar-refractivity contribution in [3.8, 4) is 5.75 Å². The van der Waals surface area contributed by atoms with Gasteiger partial charge in [-0.2, -0.15) is 0 Å². The highest BCUT2D eigenvalue weighted by atomic mass is 16.5. The number of aryl methyl sites for hydroxylation is 1. The average Bonchev–Trinajstić information content (AvgIpc) is 2.78. The van der Waals surface area contributed by atoms with Crippen molar-refractivity contribution in [2.24, 2.45) is 23.7 Å². The fraction of sp³-hybridized carbons (Fsp3) is 0.643. The number of hydrogen-bond acceptors (Lipinski definition) is 1. The van der Waals surface area contributed by atoms with Crippen LogP contribution in [0.15, 0.2) is 36.4 Å². The molecular formula is C28H40O. The van der Waals surface area contributed by atoms with E-state index in [9.17, 15) is 0 Å². The summed E-state index contributed by atoms with van der Waals surface area (Å²) in [5, 5.41) is 2.63. The summed E-state index contributed by atoms with van der Waals surface area (Å²) in [4.78, 5) is 0. The van der Waals surface area contributed by atoms with Crippen LogP contribution in [0.25, 0.3) is 10.8 Å². The smallest absolute Gasteiger partial charge is 0.119 e. The molecule has 2 aromatic rings. The van der Waals surface area contributed by atoms with E-state index >= 15 is 0 Å². The second-order valence-electron chi connectivity index (χ2n) is 9.78. The van der Waals surface area contributed by atoms with Crippen LogP contribution in [0.4, 0.5) is 0 Å². The third-order valence-corrected chi connectivity index (χ3v) is 8.06. The van der Waals surface area contributed by atoms with Crippen LogP contribution in [0.1, 0.15) is 83.6 Å². The third kappa shape index (κ3) is 5.36. The fourth-order valence-electron chi connectivity index (χ4n) is 6.07. The van der Waals surface area contributed by atoms with E-state index in [1.165, 1.54) is 87.0 Å². The van der Waals surface area contributed by atoms with Gasteiger partial charge in [-0.15, -0.1) is 0 Å². The monoisotopic (exact) mass is 392 g/mol. The lowest BCUT2D eigenvalue weighted by molar-refractivity contribution is 0.142. The van der Waals surface area contributed by atoms with Gasteiger partial charge in [0.15, 0.2) is 0 Å². The Balaban J connectivity index is 1.24. The standard InChI is InChI=1S/C28H40O/c1-3-21-7-12-24(13-8-21)25-14-9-22(10-15-25)5-6-23-11-16-27-20-28(29-4-2)18-17-26(27)19-23/h11,16-22,24-25H,3-10,12-15H2,1-2H3. The maximum atomic E-state index is 5.63. The minimum Gasteiger partial charge on any atom is -0.494 e. The van der Waals surface area contributed by atoms with Gasteiger partial charge in [-0.1, -0.05) is 63.3 Å². The van der Waals surface area contributed by atoms with Gasteiger partial charge in [0.05, 0.1) is 6.61 Å². The molecule has 0 saturated heterocycles. The van der Waals surface area contributed by atoms with Gasteiger partial charge >= 0.3 is 0 Å². The first-order valence-electron chi connectivity index (χ1n) is 12.4. The van der Waals surface area contributed by atoms with Crippen molar-refractivity contribution in [2.75, 3.05) is 6.61 Å². The fourth-order valence-corrected chi connectivity index (χ4v) is 6.07. The molecule has 0 N–H and O–H groups in total. The lowest BCUT2D eigenvalue weighted by Gasteiger charge is -2.37. The van der Waals surface area contributed by atoms with Crippen LogP contribution in [-0.4, -0.2) is 6.61 Å². The summed E-state index contributed by atoms with van der Waals surface area (Å²) in [6.45, 7) is 5.15. The Morgan fingerprint density at radius 1 is 0.724 bits per heavy atom. The zero-order chi connectivity index (χ0) is 20.1. The topological polar surface area (TPSA) is 9.23 Å². The van der Waals surface area contributed by atoms with Gasteiger partial charge in [-0.3, -0.25) is 0 Å². The molecular weight excluding hydrogens is 352 g/mol. The summed E-state index contributed by atoms with van der Waals surface area (Å²) >= 11 is 0. The van der Waals surface area contributed by atoms with Crippen LogP contribution < -0.4 is 4.74 Å². The molecule has 2 saturated carbocycles. The zero-order valence-electron chi connectivity index (χ0n) is 18.7. The van der Waals surface area contributed by atoms with Crippen molar-refractivity contribution in [2.45, 2.75) is 84.5 Å². The molecule has 0 amide bonds. The van der Waals surface area contributed by atoms with Crippen LogP contribution >= 0.6 is 0 Å². The lowest BCUT2D eigenvalue weighted by Crippen LogP contribution is -2.25. The van der Waals surface area contributed by atoms with E-state index in [2.05, 4.69) is 43.3 Å². The van der Waals surface area contributed by atoms with Crippen molar-refractivity contribution in [1.29, 1.82) is 0 Å². The van der Waals surface area contributed by atoms with Crippen LogP contribution in [0.5, 0.6) is 5.75 Å². The molecule has 0 unspecified atom stereocenters. The number of fused-ring (bicyclic) bond motifs is 1. The van der Waals surface area contributed by atoms with Crippen molar-refractivity contribution >= 4 is 10.8 Å². The first-order chi connectivity index (χ1) is 14.2. The second kappa shape index (κ2) is 10.0. The Labute approximate surface area is 178 Å². The average molecular weight is 393 g/mol. The highest BCUT2D eigenvalue weighted by Crippen LogP contribution is 2.42. The Morgan fingerprint density at radius 2 is 1.34 bits per heavy atom. The molecule has 4 rings (SSSR count). The van der Waals surface area contributed by atoms with E-state index in [0.717, 1.165) is 36.0 Å². The molecule has 2 fully saturated rings. The van der Waals surface area contributed by atoms with Gasteiger partial charge < -0.3 is 4.74 Å². The molecule has 0 atom stereocenters. The number of benzene rings is 2. The van der Waals surface area contributed by atoms with Gasteiger partial charge in [0.25, 0.3) is 0 Å². The minimum absolute atomic E-state index is 0.728. The van der Waals surface area contributed by atoms with Gasteiger partial charge in [0.1, 0.15) is 5.75 Å². The van der Waals surface area contributed by atoms with E-state index in [-0.39, 0.29) is 0 Å². The maximum Gasteiger partial charge on any atom is 0.119 e. The quantitative estimate of drug-likeness (QED) is 0.461. The Bertz CT molecular complexity index is 763. The molecule has 0 bridgehead atoms. The first kappa shape index (κ1) is 20.8. The summed E-state index contributed by atoms with van der Waals surface area (Å²) in [5.74, 6) is 5.07. The molecule has 2 aliphatic rings. The summed E-state index contributed by atoms with van der Waals surface area (Å²) in [6.07, 6.45) is 16.0. The van der Waals surface area contributed by atoms with E-state index in [1.54, 1.807) is 0 Å². The van der Waals surface area contributed by atoms with E-state index in [4.69, 9.17) is 4.74 Å². The Kier molecular flexibility index (Phi) is 7.16. The molecule has 158 valence electrons. The van der Waals surface area contributed by atoms with Crippen LogP contribution in [-0.2, 0) is 6.42 Å². The second-order valence-corrected chi connectivity index (χ2v) is 9.78. The molecule has 0 spiro atoms. The largest absolute Gasteiger partial charge is 0.494 e. The number of rotatable bonds is 7. The highest BCUT2D eigenvalue weighted by molar-refractivity contribution is 5.84. The predicted octanol–water partition coefficient (Wildman–Crippen LogP) is 8.19. The van der Waals surface area contributed by atoms with Crippen LogP contribution in [0.2, 0.25) is 0 Å². The van der Waals surface area contributed by atoms with E-state index in [0.29, 0.717) is 0 Å². The van der Waals surface area contributed by atoms with Gasteiger partial charge in [0, 0.05) is 0 Å². The van der Waals surface area contributed by atoms with Crippen molar-refractivity contribution in [3.63, 3.8) is 0 Å². The Hall–Kier alpha value is -1.50. The first-order valence-corrected chi connectivity index (χ1v) is 12.4. The molecule has 0 aromatic heterocycles. The zero-order valence-corrected chi connectivity index (χ0v) is 18.7. The van der Waals surface area contributed by atoms with Gasteiger partial charge in [-0.25, -0.2) is 0 Å². The summed E-state index contributed by atoms with van der Waals surface area (Å²) in [5.41, 5.74) is 1.50. The van der Waals surface area contributed by atoms with Crippen LogP contribution in [0, 0.1) is 23.7 Å². The SMILES string of the molecule is CCOc1ccc2cc(CCC3CCC(C4CCC(CC)CC4)CC3)ccc2c1. The van der Waals surface area contributed by atoms with Gasteiger partial charge in [0.2, 0.25) is 0 Å². The molecule has 2 aromatic carbocycles. The minimum atomic E-state index is 0.728. The highest BCUT2D eigenvalue weighted by Gasteiger charge is 2.30. The summed E-state index contributed by atoms with van der Waals surface area (Å²) in [6, 6.07) is 13.5. The normalized spacial score (nSPS) is 27.8. The van der Waals surface area contributed by atoms with Crippen molar-refractivity contribution in [1.82, 2.24) is 0 Å². The molecule has 29 heavy (non-hydrogen) atoms. The number of hydrogen-bond donors (Lipinski definition) is 0.